The SMILES string of the molecule is Cc1c(O)ccc(O)c1C(c1ccccc1)(C(C)C)C(CN)C(C)C. The number of hydrogen-bond donors (Lipinski definition) is 3. The first-order valence-electron chi connectivity index (χ1n) is 9.06. The van der Waals surface area contributed by atoms with Crippen molar-refractivity contribution in [2.75, 3.05) is 6.54 Å². The minimum Gasteiger partial charge on any atom is -0.508 e. The van der Waals surface area contributed by atoms with E-state index >= 15 is 0 Å². The minimum atomic E-state index is -0.489. The molecule has 0 aromatic heterocycles. The summed E-state index contributed by atoms with van der Waals surface area (Å²) in [5, 5.41) is 21.2. The monoisotopic (exact) mass is 341 g/mol. The van der Waals surface area contributed by atoms with Gasteiger partial charge in [-0.3, -0.25) is 0 Å². The molecule has 2 rings (SSSR count). The van der Waals surface area contributed by atoms with Crippen LogP contribution in [0.15, 0.2) is 42.5 Å². The summed E-state index contributed by atoms with van der Waals surface area (Å²) < 4.78 is 0. The average molecular weight is 341 g/mol. The maximum absolute atomic E-state index is 10.8. The van der Waals surface area contributed by atoms with E-state index in [9.17, 15) is 10.2 Å². The van der Waals surface area contributed by atoms with Crippen molar-refractivity contribution in [2.24, 2.45) is 23.5 Å². The summed E-state index contributed by atoms with van der Waals surface area (Å²) in [6, 6.07) is 13.4. The van der Waals surface area contributed by atoms with Gasteiger partial charge in [-0.15, -0.1) is 0 Å². The van der Waals surface area contributed by atoms with Crippen LogP contribution in [0.1, 0.15) is 44.4 Å². The zero-order valence-corrected chi connectivity index (χ0v) is 16.0. The predicted molar refractivity (Wildman–Crippen MR) is 104 cm³/mol. The molecule has 3 heteroatoms. The summed E-state index contributed by atoms with van der Waals surface area (Å²) in [6.07, 6.45) is 0. The molecule has 2 unspecified atom stereocenters. The molecule has 4 N–H and O–H groups in total. The highest BCUT2D eigenvalue weighted by Gasteiger charge is 2.47. The molecule has 0 aliphatic rings. The van der Waals surface area contributed by atoms with Gasteiger partial charge >= 0.3 is 0 Å². The van der Waals surface area contributed by atoms with E-state index in [1.807, 2.05) is 25.1 Å². The van der Waals surface area contributed by atoms with Gasteiger partial charge in [0, 0.05) is 11.0 Å². The minimum absolute atomic E-state index is 0.112. The summed E-state index contributed by atoms with van der Waals surface area (Å²) in [5.41, 5.74) is 8.41. The van der Waals surface area contributed by atoms with Crippen LogP contribution in [0.5, 0.6) is 11.5 Å². The maximum Gasteiger partial charge on any atom is 0.120 e. The van der Waals surface area contributed by atoms with E-state index in [-0.39, 0.29) is 23.3 Å². The van der Waals surface area contributed by atoms with Crippen LogP contribution in [0, 0.1) is 24.7 Å². The lowest BCUT2D eigenvalue weighted by Gasteiger charge is -2.48. The Hall–Kier alpha value is -2.00. The number of hydrogen-bond acceptors (Lipinski definition) is 3. The van der Waals surface area contributed by atoms with Crippen LogP contribution in [0.4, 0.5) is 0 Å². The zero-order valence-electron chi connectivity index (χ0n) is 16.0. The van der Waals surface area contributed by atoms with Crippen molar-refractivity contribution >= 4 is 0 Å². The fourth-order valence-corrected chi connectivity index (χ4v) is 4.50. The van der Waals surface area contributed by atoms with Gasteiger partial charge < -0.3 is 15.9 Å². The molecule has 25 heavy (non-hydrogen) atoms. The molecular weight excluding hydrogens is 310 g/mol. The lowest BCUT2D eigenvalue weighted by Crippen LogP contribution is -2.47. The highest BCUT2D eigenvalue weighted by Crippen LogP contribution is 2.52. The molecule has 0 fully saturated rings. The Kier molecular flexibility index (Phi) is 5.79. The van der Waals surface area contributed by atoms with E-state index in [2.05, 4.69) is 39.8 Å². The Labute approximate surface area is 151 Å². The Morgan fingerprint density at radius 2 is 1.48 bits per heavy atom. The number of benzene rings is 2. The van der Waals surface area contributed by atoms with Crippen molar-refractivity contribution in [2.45, 2.75) is 40.0 Å². The highest BCUT2D eigenvalue weighted by atomic mass is 16.3. The van der Waals surface area contributed by atoms with Gasteiger partial charge in [0.15, 0.2) is 0 Å². The Bertz CT molecular complexity index is 709. The molecule has 0 spiro atoms. The van der Waals surface area contributed by atoms with Gasteiger partial charge in [0.2, 0.25) is 0 Å². The van der Waals surface area contributed by atoms with E-state index in [1.54, 1.807) is 12.1 Å². The molecule has 0 saturated carbocycles. The van der Waals surface area contributed by atoms with Gasteiger partial charge in [-0.25, -0.2) is 0 Å². The van der Waals surface area contributed by atoms with Gasteiger partial charge in [-0.2, -0.15) is 0 Å². The smallest absolute Gasteiger partial charge is 0.120 e. The van der Waals surface area contributed by atoms with E-state index < -0.39 is 5.41 Å². The van der Waals surface area contributed by atoms with Crippen LogP contribution < -0.4 is 5.73 Å². The molecule has 0 amide bonds. The molecule has 2 atom stereocenters. The van der Waals surface area contributed by atoms with Crippen LogP contribution in [0.2, 0.25) is 0 Å². The number of aromatic hydroxyl groups is 2. The summed E-state index contributed by atoms with van der Waals surface area (Å²) in [6.45, 7) is 11.1. The third-order valence-corrected chi connectivity index (χ3v) is 5.63. The largest absolute Gasteiger partial charge is 0.508 e. The predicted octanol–water partition coefficient (Wildman–Crippen LogP) is 4.58. The van der Waals surface area contributed by atoms with Crippen molar-refractivity contribution < 1.29 is 10.2 Å². The molecule has 0 heterocycles. The number of phenolic OH excluding ortho intramolecular Hbond substituents is 2. The first kappa shape index (κ1) is 19.3. The van der Waals surface area contributed by atoms with Crippen LogP contribution in [0.3, 0.4) is 0 Å². The van der Waals surface area contributed by atoms with Crippen LogP contribution in [-0.4, -0.2) is 16.8 Å². The molecule has 0 saturated heterocycles. The van der Waals surface area contributed by atoms with Crippen molar-refractivity contribution in [3.8, 4) is 11.5 Å². The summed E-state index contributed by atoms with van der Waals surface area (Å²) in [4.78, 5) is 0. The van der Waals surface area contributed by atoms with Crippen LogP contribution >= 0.6 is 0 Å². The normalized spacial score (nSPS) is 15.4. The molecule has 0 bridgehead atoms. The first-order valence-corrected chi connectivity index (χ1v) is 9.06. The lowest BCUT2D eigenvalue weighted by molar-refractivity contribution is 0.185. The lowest BCUT2D eigenvalue weighted by atomic mass is 9.56. The van der Waals surface area contributed by atoms with Gasteiger partial charge in [0.25, 0.3) is 0 Å². The maximum atomic E-state index is 10.8. The average Bonchev–Trinajstić information content (AvgIpc) is 2.57. The Balaban J connectivity index is 2.97. The molecule has 0 aliphatic heterocycles. The third-order valence-electron chi connectivity index (χ3n) is 5.63. The van der Waals surface area contributed by atoms with E-state index in [4.69, 9.17) is 5.73 Å². The molecule has 2 aromatic carbocycles. The van der Waals surface area contributed by atoms with E-state index in [1.165, 1.54) is 0 Å². The number of phenols is 2. The molecule has 0 radical (unpaired) electrons. The third kappa shape index (κ3) is 3.13. The van der Waals surface area contributed by atoms with Crippen molar-refractivity contribution in [1.82, 2.24) is 0 Å². The fraction of sp³-hybridized carbons (Fsp3) is 0.455. The second-order valence-electron chi connectivity index (χ2n) is 7.58. The number of nitrogens with two attached hydrogens (primary N) is 1. The summed E-state index contributed by atoms with van der Waals surface area (Å²) in [7, 11) is 0. The molecule has 2 aromatic rings. The second-order valence-corrected chi connectivity index (χ2v) is 7.58. The quantitative estimate of drug-likeness (QED) is 0.674. The second kappa shape index (κ2) is 7.49. The fourth-order valence-electron chi connectivity index (χ4n) is 4.50. The standard InChI is InChI=1S/C22H31NO2/c1-14(2)18(13-23)22(15(3)4,17-9-7-6-8-10-17)21-16(5)19(24)11-12-20(21)25/h6-12,14-15,18,24-25H,13,23H2,1-5H3. The summed E-state index contributed by atoms with van der Waals surface area (Å²) >= 11 is 0. The van der Waals surface area contributed by atoms with Crippen molar-refractivity contribution in [3.05, 3.63) is 59.2 Å². The molecular formula is C22H31NO2. The topological polar surface area (TPSA) is 66.5 Å². The van der Waals surface area contributed by atoms with E-state index in [0.29, 0.717) is 12.5 Å². The van der Waals surface area contributed by atoms with Crippen LogP contribution in [0.25, 0.3) is 0 Å². The van der Waals surface area contributed by atoms with Gasteiger partial charge in [-0.05, 0) is 54.5 Å². The molecule has 3 nitrogen and oxygen atoms in total. The van der Waals surface area contributed by atoms with Crippen molar-refractivity contribution in [1.29, 1.82) is 0 Å². The molecule has 136 valence electrons. The first-order chi connectivity index (χ1) is 11.8. The van der Waals surface area contributed by atoms with Gasteiger partial charge in [-0.1, -0.05) is 58.0 Å². The highest BCUT2D eigenvalue weighted by molar-refractivity contribution is 5.56. The Morgan fingerprint density at radius 3 is 1.96 bits per heavy atom. The van der Waals surface area contributed by atoms with Gasteiger partial charge in [0.05, 0.1) is 0 Å². The summed E-state index contributed by atoms with van der Waals surface area (Å²) in [5.74, 6) is 1.02. The molecule has 0 aliphatic carbocycles. The van der Waals surface area contributed by atoms with Crippen LogP contribution in [-0.2, 0) is 5.41 Å². The zero-order chi connectivity index (χ0) is 18.8. The number of rotatable bonds is 6. The Morgan fingerprint density at radius 1 is 0.920 bits per heavy atom. The van der Waals surface area contributed by atoms with E-state index in [0.717, 1.165) is 16.7 Å². The van der Waals surface area contributed by atoms with Gasteiger partial charge in [0.1, 0.15) is 11.5 Å². The van der Waals surface area contributed by atoms with Crippen molar-refractivity contribution in [3.63, 3.8) is 0 Å².